The molecule has 3 aliphatic heterocycles. The van der Waals surface area contributed by atoms with Gasteiger partial charge >= 0.3 is 0 Å². The van der Waals surface area contributed by atoms with E-state index >= 15 is 26.0 Å². The molecule has 0 radical (unpaired) electrons. The Labute approximate surface area is 564 Å². The summed E-state index contributed by atoms with van der Waals surface area (Å²) in [6.45, 7) is 0. The van der Waals surface area contributed by atoms with E-state index in [0.717, 1.165) is 27.9 Å². The minimum Gasteiger partial charge on any atom is -0.338 e. The van der Waals surface area contributed by atoms with Gasteiger partial charge in [0.05, 0.1) is 58.4 Å². The van der Waals surface area contributed by atoms with Crippen molar-refractivity contribution in [2.24, 2.45) is 27.1 Å². The molecule has 4 aliphatic rings. The number of sulfonamides is 2. The van der Waals surface area contributed by atoms with Crippen LogP contribution in [-0.4, -0.2) is 49.6 Å². The van der Waals surface area contributed by atoms with Gasteiger partial charge in [0, 0.05) is 58.0 Å². The Morgan fingerprint density at radius 2 is 1.00 bits per heavy atom. The van der Waals surface area contributed by atoms with Crippen molar-refractivity contribution in [2.45, 2.75) is 91.5 Å². The van der Waals surface area contributed by atoms with Gasteiger partial charge in [0.2, 0.25) is 26.0 Å². The normalized spacial score (nSPS) is 20.2. The van der Waals surface area contributed by atoms with Gasteiger partial charge in [0.1, 0.15) is 16.2 Å². The van der Waals surface area contributed by atoms with E-state index in [0.29, 0.717) is 62.6 Å². The van der Waals surface area contributed by atoms with E-state index in [1.807, 2.05) is 12.1 Å². The van der Waals surface area contributed by atoms with Crippen molar-refractivity contribution < 1.29 is 26.0 Å². The van der Waals surface area contributed by atoms with Crippen molar-refractivity contribution in [1.29, 1.82) is 0 Å². The van der Waals surface area contributed by atoms with E-state index in [1.165, 1.54) is 54.6 Å². The molecule has 1 saturated carbocycles. The van der Waals surface area contributed by atoms with Crippen LogP contribution < -0.4 is 26.3 Å². The average molecular weight is 1440 g/mol. The Balaban J connectivity index is 1.09. The first-order valence-electron chi connectivity index (χ1n) is 27.9. The standard InChI is InChI=1S/C62H52Cl10FN9O5S2/c63-36-15-9-32(10-16-36)49-30-51(77-75-49)57(42-24-21-39(66)27-46(42)70)81-88(84,85)62(35-5-2-1-3-6-35)74-61(83)54-56(34-13-19-38(65)20-14-34)79-80-58(54)60(44-26-23-41(68)29-48(44)72)82(89(86,87)53-8-4-7-45(69)55(53)73)59(43-25-22-40(67)28-47(43)71)52-31-50(76-78-52)33-11-17-37(64)18-12-33/h4,7-29,35,49-50,54,56-57,59-60,62,75-76,79,81H,1-3,5-6,30-31H2,(H,74,83). The zero-order chi connectivity index (χ0) is 63.1. The Kier molecular flexibility index (Phi) is 20.4. The highest BCUT2D eigenvalue weighted by Gasteiger charge is 2.53. The number of carbonyl (C=O) groups excluding carboxylic acids is 1. The summed E-state index contributed by atoms with van der Waals surface area (Å²) in [6.07, 6.45) is 3.11. The fourth-order valence-corrected chi connectivity index (χ4v) is 17.7. The monoisotopic (exact) mass is 1440 g/mol. The predicted octanol–water partition coefficient (Wildman–Crippen LogP) is 17.0. The quantitative estimate of drug-likeness (QED) is 0.0529. The van der Waals surface area contributed by atoms with Crippen LogP contribution in [0.3, 0.4) is 0 Å². The molecule has 0 bridgehead atoms. The SMILES string of the molecule is O=C(NC(C1CCCCC1)S(=O)(=O)NC(C1=NNC(c2ccc(Cl)cc2)C1)c1ccc(Cl)cc1Cl)C1C(C(c2ccc(Cl)cc2Cl)N(C(C2=NNC(c3ccc(Cl)cc3)C2)c2ccc(Cl)cc2Cl)S(=O)(=O)c2cccc(Cl)c2F)=NNC1c1ccc(Cl)cc1. The second-order valence-electron chi connectivity index (χ2n) is 21.9. The number of hydrogen-bond acceptors (Lipinski definition) is 11. The molecular weight excluding hydrogens is 1390 g/mol. The summed E-state index contributed by atoms with van der Waals surface area (Å²) in [4.78, 5) is 15.6. The fourth-order valence-electron chi connectivity index (χ4n) is 11.9. The van der Waals surface area contributed by atoms with Gasteiger partial charge in [0.25, 0.3) is 0 Å². The maximum Gasteiger partial charge on any atom is 0.247 e. The molecule has 11 rings (SSSR count). The molecule has 1 fully saturated rings. The van der Waals surface area contributed by atoms with E-state index in [-0.39, 0.29) is 66.5 Å². The molecule has 8 atom stereocenters. The minimum atomic E-state index is -5.38. The average Bonchev–Trinajstić information content (AvgIpc) is 1.79. The number of hydrazone groups is 3. The topological polar surface area (TPSA) is 186 Å². The third kappa shape index (κ3) is 14.2. The van der Waals surface area contributed by atoms with Crippen molar-refractivity contribution in [3.63, 3.8) is 0 Å². The van der Waals surface area contributed by atoms with Crippen LogP contribution in [0.1, 0.15) is 115 Å². The van der Waals surface area contributed by atoms with E-state index in [2.05, 4.69) is 31.4 Å². The van der Waals surface area contributed by atoms with Gasteiger partial charge in [-0.05, 0) is 137 Å². The summed E-state index contributed by atoms with van der Waals surface area (Å²) in [6, 6.07) is 30.7. The first kappa shape index (κ1) is 65.6. The zero-order valence-corrected chi connectivity index (χ0v) is 55.5. The molecular formula is C62H52Cl10FN9O5S2. The van der Waals surface area contributed by atoms with Gasteiger partial charge in [-0.3, -0.25) is 4.79 Å². The van der Waals surface area contributed by atoms with Crippen LogP contribution in [0, 0.1) is 17.7 Å². The van der Waals surface area contributed by atoms with Crippen molar-refractivity contribution >= 4 is 159 Å². The van der Waals surface area contributed by atoms with E-state index in [1.54, 1.807) is 72.8 Å². The Morgan fingerprint density at radius 1 is 0.528 bits per heavy atom. The van der Waals surface area contributed by atoms with Gasteiger partial charge < -0.3 is 21.6 Å². The molecule has 7 aromatic rings. The van der Waals surface area contributed by atoms with Gasteiger partial charge in [0.15, 0.2) is 5.82 Å². The first-order valence-corrected chi connectivity index (χ1v) is 34.7. The van der Waals surface area contributed by atoms with Crippen LogP contribution in [0.2, 0.25) is 50.2 Å². The molecule has 14 nitrogen and oxygen atoms in total. The fraction of sp³-hybridized carbons (Fsp3) is 0.258. The third-order valence-corrected chi connectivity index (χ3v) is 22.6. The Morgan fingerprint density at radius 3 is 1.53 bits per heavy atom. The number of rotatable bonds is 19. The molecule has 89 heavy (non-hydrogen) atoms. The predicted molar refractivity (Wildman–Crippen MR) is 356 cm³/mol. The molecule has 0 aromatic heterocycles. The lowest BCUT2D eigenvalue weighted by atomic mass is 9.83. The second kappa shape index (κ2) is 27.7. The molecule has 464 valence electrons. The van der Waals surface area contributed by atoms with Crippen LogP contribution in [0.5, 0.6) is 0 Å². The van der Waals surface area contributed by atoms with Crippen LogP contribution in [-0.2, 0) is 24.8 Å². The number of halogens is 11. The highest BCUT2D eigenvalue weighted by atomic mass is 35.5. The molecule has 0 spiro atoms. The van der Waals surface area contributed by atoms with Gasteiger partial charge in [-0.2, -0.15) is 19.6 Å². The summed E-state index contributed by atoms with van der Waals surface area (Å²) in [5.74, 6) is -4.54. The molecule has 1 aliphatic carbocycles. The van der Waals surface area contributed by atoms with Gasteiger partial charge in [-0.1, -0.05) is 196 Å². The molecule has 27 heteroatoms. The number of nitrogens with zero attached hydrogens (tertiary/aromatic N) is 4. The van der Waals surface area contributed by atoms with E-state index < -0.39 is 89.1 Å². The molecule has 5 N–H and O–H groups in total. The van der Waals surface area contributed by atoms with Crippen molar-refractivity contribution in [3.05, 3.63) is 235 Å². The van der Waals surface area contributed by atoms with Gasteiger partial charge in [-0.15, -0.1) is 0 Å². The second-order valence-corrected chi connectivity index (χ2v) is 29.8. The van der Waals surface area contributed by atoms with Crippen molar-refractivity contribution in [1.82, 2.24) is 30.6 Å². The molecule has 1 amide bonds. The first-order chi connectivity index (χ1) is 42.6. The maximum absolute atomic E-state index is 17.0. The van der Waals surface area contributed by atoms with Crippen molar-refractivity contribution in [3.8, 4) is 0 Å². The number of nitrogens with one attached hydrogen (secondary N) is 5. The molecule has 7 aromatic carbocycles. The molecule has 8 unspecified atom stereocenters. The maximum atomic E-state index is 17.0. The highest BCUT2D eigenvalue weighted by molar-refractivity contribution is 7.90. The lowest BCUT2D eigenvalue weighted by Crippen LogP contribution is -2.55. The van der Waals surface area contributed by atoms with Crippen LogP contribution >= 0.6 is 116 Å². The van der Waals surface area contributed by atoms with Crippen molar-refractivity contribution in [2.75, 3.05) is 0 Å². The lowest BCUT2D eigenvalue weighted by Gasteiger charge is -2.40. The molecule has 3 heterocycles. The Hall–Kier alpha value is -4.93. The van der Waals surface area contributed by atoms with Gasteiger partial charge in [-0.25, -0.2) is 25.9 Å². The highest BCUT2D eigenvalue weighted by Crippen LogP contribution is 2.49. The number of benzene rings is 7. The van der Waals surface area contributed by atoms with Crippen LogP contribution in [0.4, 0.5) is 4.39 Å². The smallest absolute Gasteiger partial charge is 0.247 e. The summed E-state index contributed by atoms with van der Waals surface area (Å²) >= 11 is 66.7. The van der Waals surface area contributed by atoms with Crippen LogP contribution in [0.15, 0.2) is 166 Å². The van der Waals surface area contributed by atoms with E-state index in [4.69, 9.17) is 126 Å². The summed E-state index contributed by atoms with van der Waals surface area (Å²) in [5, 5.41) is 17.2. The summed E-state index contributed by atoms with van der Waals surface area (Å²) in [5.41, 5.74) is 12.1. The number of hydrogen-bond donors (Lipinski definition) is 5. The lowest BCUT2D eigenvalue weighted by molar-refractivity contribution is -0.124. The third-order valence-electron chi connectivity index (χ3n) is 16.3. The zero-order valence-electron chi connectivity index (χ0n) is 46.3. The summed E-state index contributed by atoms with van der Waals surface area (Å²) in [7, 11) is -10.1. The largest absolute Gasteiger partial charge is 0.338 e. The summed E-state index contributed by atoms with van der Waals surface area (Å²) < 4.78 is 85.8. The minimum absolute atomic E-state index is 0.00302. The Bertz CT molecular complexity index is 4170. The number of carbonyl (C=O) groups is 1. The van der Waals surface area contributed by atoms with E-state index in [9.17, 15) is 0 Å². The number of amides is 1. The van der Waals surface area contributed by atoms with Crippen LogP contribution in [0.25, 0.3) is 0 Å². The molecule has 0 saturated heterocycles.